The van der Waals surface area contributed by atoms with E-state index in [1.807, 2.05) is 24.3 Å². The largest absolute Gasteiger partial charge is 0.320 e. The van der Waals surface area contributed by atoms with Gasteiger partial charge in [0.1, 0.15) is 23.4 Å². The van der Waals surface area contributed by atoms with Gasteiger partial charge in [0.25, 0.3) is 0 Å². The van der Waals surface area contributed by atoms with Crippen LogP contribution in [0.5, 0.6) is 0 Å². The molecular weight excluding hydrogens is 274 g/mol. The highest BCUT2D eigenvalue weighted by Crippen LogP contribution is 2.25. The Balaban J connectivity index is 1.87. The summed E-state index contributed by atoms with van der Waals surface area (Å²) in [6, 6.07) is 10.4. The van der Waals surface area contributed by atoms with Gasteiger partial charge in [0.15, 0.2) is 0 Å². The lowest BCUT2D eigenvalue weighted by Gasteiger charge is -2.26. The summed E-state index contributed by atoms with van der Waals surface area (Å²) in [5.74, 6) is -2.04. The van der Waals surface area contributed by atoms with Gasteiger partial charge < -0.3 is 10.6 Å². The third-order valence-electron chi connectivity index (χ3n) is 3.58. The van der Waals surface area contributed by atoms with E-state index >= 15 is 0 Å². The molecule has 0 unspecified atom stereocenters. The molecule has 0 bridgehead atoms. The van der Waals surface area contributed by atoms with Crippen molar-refractivity contribution in [3.63, 3.8) is 0 Å². The molecule has 1 aliphatic heterocycles. The van der Waals surface area contributed by atoms with Crippen LogP contribution >= 0.6 is 0 Å². The zero-order chi connectivity index (χ0) is 14.8. The number of hydrogen-bond acceptors (Lipinski definition) is 2. The molecule has 1 atom stereocenters. The van der Waals surface area contributed by atoms with Gasteiger partial charge >= 0.3 is 0 Å². The van der Waals surface area contributed by atoms with Gasteiger partial charge in [-0.1, -0.05) is 30.3 Å². The zero-order valence-corrected chi connectivity index (χ0v) is 11.2. The average Bonchev–Trinajstić information content (AvgIpc) is 2.50. The number of halogens is 2. The molecule has 1 amide bonds. The standard InChI is InChI=1S/C16H14F2N2O/c17-12-6-3-7-13(18)15(12)20-16(21)14-11-5-2-1-4-10(11)8-9-19-14/h1-7,14,19H,8-9H2,(H,20,21)/t14-/m0/s1. The van der Waals surface area contributed by atoms with Crippen LogP contribution < -0.4 is 10.6 Å². The number of hydrogen-bond donors (Lipinski definition) is 2. The van der Waals surface area contributed by atoms with E-state index in [0.29, 0.717) is 6.54 Å². The summed E-state index contributed by atoms with van der Waals surface area (Å²) in [4.78, 5) is 12.3. The van der Waals surface area contributed by atoms with Crippen molar-refractivity contribution in [1.82, 2.24) is 5.32 Å². The molecule has 3 rings (SSSR count). The maximum absolute atomic E-state index is 13.6. The lowest BCUT2D eigenvalue weighted by Crippen LogP contribution is -2.38. The first kappa shape index (κ1) is 13.7. The number of benzene rings is 2. The fourth-order valence-electron chi connectivity index (χ4n) is 2.55. The van der Waals surface area contributed by atoms with Crippen LogP contribution in [-0.4, -0.2) is 12.5 Å². The summed E-state index contributed by atoms with van der Waals surface area (Å²) in [6.45, 7) is 0.648. The lowest BCUT2D eigenvalue weighted by atomic mass is 9.94. The molecule has 108 valence electrons. The van der Waals surface area contributed by atoms with Crippen LogP contribution in [0.15, 0.2) is 42.5 Å². The first-order valence-electron chi connectivity index (χ1n) is 6.73. The fourth-order valence-corrected chi connectivity index (χ4v) is 2.55. The number of para-hydroxylation sites is 1. The Bertz CT molecular complexity index is 667. The van der Waals surface area contributed by atoms with Crippen molar-refractivity contribution >= 4 is 11.6 Å². The first-order chi connectivity index (χ1) is 10.2. The lowest BCUT2D eigenvalue weighted by molar-refractivity contribution is -0.118. The van der Waals surface area contributed by atoms with Gasteiger partial charge in [0.2, 0.25) is 5.91 Å². The normalized spacial score (nSPS) is 17.1. The summed E-state index contributed by atoms with van der Waals surface area (Å²) >= 11 is 0. The second kappa shape index (κ2) is 5.61. The number of nitrogens with one attached hydrogen (secondary N) is 2. The Morgan fingerprint density at radius 3 is 2.57 bits per heavy atom. The van der Waals surface area contributed by atoms with Crippen molar-refractivity contribution < 1.29 is 13.6 Å². The summed E-state index contributed by atoms with van der Waals surface area (Å²) in [6.07, 6.45) is 0.827. The van der Waals surface area contributed by atoms with Crippen LogP contribution in [0, 0.1) is 11.6 Å². The van der Waals surface area contributed by atoms with Crippen LogP contribution in [0.4, 0.5) is 14.5 Å². The summed E-state index contributed by atoms with van der Waals surface area (Å²) in [5.41, 5.74) is 1.51. The number of carbonyl (C=O) groups excluding carboxylic acids is 1. The number of rotatable bonds is 2. The highest BCUT2D eigenvalue weighted by atomic mass is 19.1. The topological polar surface area (TPSA) is 41.1 Å². The van der Waals surface area contributed by atoms with Gasteiger partial charge in [0, 0.05) is 6.54 Å². The minimum Gasteiger partial charge on any atom is -0.320 e. The van der Waals surface area contributed by atoms with Gasteiger partial charge in [-0.25, -0.2) is 8.78 Å². The van der Waals surface area contributed by atoms with Gasteiger partial charge in [0.05, 0.1) is 0 Å². The maximum Gasteiger partial charge on any atom is 0.246 e. The third-order valence-corrected chi connectivity index (χ3v) is 3.58. The molecule has 2 aromatic rings. The van der Waals surface area contributed by atoms with Crippen LogP contribution in [-0.2, 0) is 11.2 Å². The number of fused-ring (bicyclic) bond motifs is 1. The van der Waals surface area contributed by atoms with Crippen LogP contribution in [0.1, 0.15) is 17.2 Å². The van der Waals surface area contributed by atoms with E-state index in [1.165, 1.54) is 6.07 Å². The monoisotopic (exact) mass is 288 g/mol. The molecule has 1 heterocycles. The molecule has 1 aliphatic rings. The van der Waals surface area contributed by atoms with Crippen molar-refractivity contribution in [3.8, 4) is 0 Å². The minimum absolute atomic E-state index is 0.410. The molecule has 0 spiro atoms. The Labute approximate surface area is 121 Å². The number of anilines is 1. The molecule has 0 fully saturated rings. The molecule has 0 aliphatic carbocycles. The Morgan fingerprint density at radius 1 is 1.10 bits per heavy atom. The Kier molecular flexibility index (Phi) is 3.66. The van der Waals surface area contributed by atoms with Crippen molar-refractivity contribution in [2.24, 2.45) is 0 Å². The molecule has 0 aromatic heterocycles. The van der Waals surface area contributed by atoms with E-state index in [4.69, 9.17) is 0 Å². The smallest absolute Gasteiger partial charge is 0.246 e. The molecule has 21 heavy (non-hydrogen) atoms. The second-order valence-electron chi connectivity index (χ2n) is 4.92. The van der Waals surface area contributed by atoms with Crippen LogP contribution in [0.2, 0.25) is 0 Å². The predicted molar refractivity (Wildman–Crippen MR) is 75.9 cm³/mol. The van der Waals surface area contributed by atoms with E-state index in [-0.39, 0.29) is 0 Å². The Hall–Kier alpha value is -2.27. The molecule has 5 heteroatoms. The highest BCUT2D eigenvalue weighted by Gasteiger charge is 2.26. The predicted octanol–water partition coefficient (Wildman–Crippen LogP) is 2.79. The molecule has 3 nitrogen and oxygen atoms in total. The average molecular weight is 288 g/mol. The maximum atomic E-state index is 13.6. The van der Waals surface area contributed by atoms with E-state index < -0.39 is 29.3 Å². The summed E-state index contributed by atoms with van der Waals surface area (Å²) in [7, 11) is 0. The van der Waals surface area contributed by atoms with Crippen molar-refractivity contribution in [2.75, 3.05) is 11.9 Å². The molecule has 2 N–H and O–H groups in total. The third kappa shape index (κ3) is 2.64. The van der Waals surface area contributed by atoms with Crippen LogP contribution in [0.3, 0.4) is 0 Å². The zero-order valence-electron chi connectivity index (χ0n) is 11.2. The highest BCUT2D eigenvalue weighted by molar-refractivity contribution is 5.96. The van der Waals surface area contributed by atoms with E-state index in [0.717, 1.165) is 29.7 Å². The van der Waals surface area contributed by atoms with Crippen LogP contribution in [0.25, 0.3) is 0 Å². The van der Waals surface area contributed by atoms with E-state index in [1.54, 1.807) is 0 Å². The molecule has 0 saturated carbocycles. The Morgan fingerprint density at radius 2 is 1.81 bits per heavy atom. The van der Waals surface area contributed by atoms with Crippen molar-refractivity contribution in [1.29, 1.82) is 0 Å². The van der Waals surface area contributed by atoms with E-state index in [9.17, 15) is 13.6 Å². The van der Waals surface area contributed by atoms with Crippen molar-refractivity contribution in [3.05, 3.63) is 65.2 Å². The van der Waals surface area contributed by atoms with Gasteiger partial charge in [-0.2, -0.15) is 0 Å². The molecule has 0 radical (unpaired) electrons. The van der Waals surface area contributed by atoms with E-state index in [2.05, 4.69) is 10.6 Å². The second-order valence-corrected chi connectivity index (χ2v) is 4.92. The van der Waals surface area contributed by atoms with Gasteiger partial charge in [-0.3, -0.25) is 4.79 Å². The van der Waals surface area contributed by atoms with Gasteiger partial charge in [-0.05, 0) is 29.7 Å². The quantitative estimate of drug-likeness (QED) is 0.892. The minimum atomic E-state index is -0.785. The molecular formula is C16H14F2N2O. The van der Waals surface area contributed by atoms with Crippen molar-refractivity contribution in [2.45, 2.75) is 12.5 Å². The summed E-state index contributed by atoms with van der Waals surface area (Å²) in [5, 5.41) is 5.41. The first-order valence-corrected chi connectivity index (χ1v) is 6.73. The number of carbonyl (C=O) groups is 1. The summed E-state index contributed by atoms with van der Waals surface area (Å²) < 4.78 is 27.2. The van der Waals surface area contributed by atoms with Gasteiger partial charge in [-0.15, -0.1) is 0 Å². The molecule has 2 aromatic carbocycles. The SMILES string of the molecule is O=C(Nc1c(F)cccc1F)[C@H]1NCCc2ccccc21. The number of amides is 1. The molecule has 0 saturated heterocycles. The fraction of sp³-hybridized carbons (Fsp3) is 0.188.